The van der Waals surface area contributed by atoms with Gasteiger partial charge in [0.2, 0.25) is 11.7 Å². The molecule has 0 radical (unpaired) electrons. The Morgan fingerprint density at radius 3 is 2.52 bits per heavy atom. The highest BCUT2D eigenvalue weighted by Gasteiger charge is 2.20. The first-order chi connectivity index (χ1) is 13.0. The number of pyridine rings is 2. The molecule has 0 aliphatic rings. The Hall–Kier alpha value is -3.55. The SMILES string of the molecule is C[C@@H](Oc1ccc(C(=O)O)c(F)c1F)c1ccc(Oc2ccccn2)cn1. The minimum atomic E-state index is -1.56. The lowest BCUT2D eigenvalue weighted by Crippen LogP contribution is -2.09. The van der Waals surface area contributed by atoms with Gasteiger partial charge < -0.3 is 14.6 Å². The summed E-state index contributed by atoms with van der Waals surface area (Å²) in [4.78, 5) is 19.0. The Bertz CT molecular complexity index is 950. The van der Waals surface area contributed by atoms with E-state index in [0.29, 0.717) is 17.3 Å². The number of halogens is 2. The molecular formula is C19H14F2N2O4. The standard InChI is InChI=1S/C19H14F2N2O4/c1-11(26-15-8-6-13(19(24)25)17(20)18(15)21)14-7-5-12(10-23-14)27-16-4-2-3-9-22-16/h2-11H,1H3,(H,24,25)/t11-/m1/s1. The smallest absolute Gasteiger partial charge is 0.338 e. The number of hydrogen-bond donors (Lipinski definition) is 1. The topological polar surface area (TPSA) is 81.5 Å². The second-order valence-electron chi connectivity index (χ2n) is 5.49. The molecule has 1 aromatic carbocycles. The molecule has 0 aliphatic carbocycles. The van der Waals surface area contributed by atoms with E-state index in [1.807, 2.05) is 0 Å². The highest BCUT2D eigenvalue weighted by molar-refractivity contribution is 5.88. The van der Waals surface area contributed by atoms with Gasteiger partial charge in [-0.1, -0.05) is 6.07 Å². The molecular weight excluding hydrogens is 358 g/mol. The van der Waals surface area contributed by atoms with Crippen molar-refractivity contribution in [3.05, 3.63) is 77.8 Å². The van der Waals surface area contributed by atoms with Gasteiger partial charge in [0.15, 0.2) is 11.6 Å². The fourth-order valence-electron chi connectivity index (χ4n) is 2.26. The molecule has 3 aromatic rings. The summed E-state index contributed by atoms with van der Waals surface area (Å²) in [7, 11) is 0. The monoisotopic (exact) mass is 372 g/mol. The van der Waals surface area contributed by atoms with Gasteiger partial charge in [0, 0.05) is 12.3 Å². The first-order valence-corrected chi connectivity index (χ1v) is 7.88. The van der Waals surface area contributed by atoms with Crippen molar-refractivity contribution in [2.45, 2.75) is 13.0 Å². The summed E-state index contributed by atoms with van der Waals surface area (Å²) >= 11 is 0. The molecule has 0 saturated heterocycles. The van der Waals surface area contributed by atoms with Gasteiger partial charge in [0.1, 0.15) is 11.9 Å². The second-order valence-corrected chi connectivity index (χ2v) is 5.49. The fraction of sp³-hybridized carbons (Fsp3) is 0.105. The second kappa shape index (κ2) is 7.77. The Labute approximate surface area is 153 Å². The Morgan fingerprint density at radius 2 is 1.89 bits per heavy atom. The molecule has 138 valence electrons. The highest BCUT2D eigenvalue weighted by atomic mass is 19.2. The summed E-state index contributed by atoms with van der Waals surface area (Å²) in [6.45, 7) is 1.60. The van der Waals surface area contributed by atoms with E-state index in [0.717, 1.165) is 12.1 Å². The predicted octanol–water partition coefficient (Wildman–Crippen LogP) is 4.39. The Kier molecular flexibility index (Phi) is 5.25. The lowest BCUT2D eigenvalue weighted by molar-refractivity contribution is 0.0690. The quantitative estimate of drug-likeness (QED) is 0.691. The number of aromatic nitrogens is 2. The minimum Gasteiger partial charge on any atom is -0.481 e. The first kappa shape index (κ1) is 18.2. The van der Waals surface area contributed by atoms with Crippen LogP contribution in [0.15, 0.2) is 54.9 Å². The minimum absolute atomic E-state index is 0.402. The van der Waals surface area contributed by atoms with E-state index in [2.05, 4.69) is 9.97 Å². The summed E-state index contributed by atoms with van der Waals surface area (Å²) in [6, 6.07) is 10.5. The van der Waals surface area contributed by atoms with Crippen LogP contribution in [0.5, 0.6) is 17.4 Å². The molecule has 27 heavy (non-hydrogen) atoms. The number of rotatable bonds is 6. The van der Waals surface area contributed by atoms with Crippen LogP contribution in [0.3, 0.4) is 0 Å². The highest BCUT2D eigenvalue weighted by Crippen LogP contribution is 2.28. The van der Waals surface area contributed by atoms with Crippen LogP contribution in [0, 0.1) is 11.6 Å². The summed E-state index contributed by atoms with van der Waals surface area (Å²) in [5, 5.41) is 8.80. The zero-order valence-electron chi connectivity index (χ0n) is 14.1. The molecule has 2 aromatic heterocycles. The van der Waals surface area contributed by atoms with Crippen LogP contribution in [-0.2, 0) is 0 Å². The molecule has 1 atom stereocenters. The van der Waals surface area contributed by atoms with Gasteiger partial charge in [-0.05, 0) is 37.3 Å². The average Bonchev–Trinajstić information content (AvgIpc) is 2.66. The van der Waals surface area contributed by atoms with Gasteiger partial charge >= 0.3 is 5.97 Å². The summed E-state index contributed by atoms with van der Waals surface area (Å²) < 4.78 is 38.6. The first-order valence-electron chi connectivity index (χ1n) is 7.88. The van der Waals surface area contributed by atoms with Gasteiger partial charge in [-0.2, -0.15) is 4.39 Å². The number of carboxylic acids is 1. The zero-order valence-corrected chi connectivity index (χ0v) is 14.1. The van der Waals surface area contributed by atoms with Gasteiger partial charge in [0.05, 0.1) is 17.5 Å². The fourth-order valence-corrected chi connectivity index (χ4v) is 2.26. The number of hydrogen-bond acceptors (Lipinski definition) is 5. The van der Waals surface area contributed by atoms with E-state index < -0.39 is 35.0 Å². The Morgan fingerprint density at radius 1 is 1.07 bits per heavy atom. The lowest BCUT2D eigenvalue weighted by Gasteiger charge is -2.15. The average molecular weight is 372 g/mol. The molecule has 2 heterocycles. The number of aromatic carboxylic acids is 1. The maximum atomic E-state index is 14.0. The van der Waals surface area contributed by atoms with Crippen LogP contribution in [0.4, 0.5) is 8.78 Å². The summed E-state index contributed by atoms with van der Waals surface area (Å²) in [5.41, 5.74) is -0.313. The number of ether oxygens (including phenoxy) is 2. The lowest BCUT2D eigenvalue weighted by atomic mass is 10.2. The number of carbonyl (C=O) groups is 1. The van der Waals surface area contributed by atoms with Crippen molar-refractivity contribution in [3.8, 4) is 17.4 Å². The maximum Gasteiger partial charge on any atom is 0.338 e. The van der Waals surface area contributed by atoms with Crippen LogP contribution >= 0.6 is 0 Å². The molecule has 0 saturated carbocycles. The van der Waals surface area contributed by atoms with Crippen molar-refractivity contribution in [3.63, 3.8) is 0 Å². The molecule has 8 heteroatoms. The van der Waals surface area contributed by atoms with Crippen molar-refractivity contribution >= 4 is 5.97 Å². The van der Waals surface area contributed by atoms with Crippen LogP contribution in [0.1, 0.15) is 29.1 Å². The molecule has 3 rings (SSSR count). The summed E-state index contributed by atoms with van der Waals surface area (Å²) in [6.07, 6.45) is 2.34. The van der Waals surface area contributed by atoms with E-state index in [1.165, 1.54) is 6.20 Å². The van der Waals surface area contributed by atoms with Crippen LogP contribution in [-0.4, -0.2) is 21.0 Å². The van der Waals surface area contributed by atoms with Crippen LogP contribution < -0.4 is 9.47 Å². The maximum absolute atomic E-state index is 14.0. The van der Waals surface area contributed by atoms with Crippen molar-refractivity contribution in [2.24, 2.45) is 0 Å². The normalized spacial score (nSPS) is 11.7. The number of benzene rings is 1. The Balaban J connectivity index is 1.72. The van der Waals surface area contributed by atoms with Crippen LogP contribution in [0.25, 0.3) is 0 Å². The molecule has 0 fully saturated rings. The number of nitrogens with zero attached hydrogens (tertiary/aromatic N) is 2. The zero-order chi connectivity index (χ0) is 19.4. The number of carboxylic acid groups (broad SMARTS) is 1. The van der Waals surface area contributed by atoms with Crippen LogP contribution in [0.2, 0.25) is 0 Å². The third-order valence-corrected chi connectivity index (χ3v) is 3.62. The largest absolute Gasteiger partial charge is 0.481 e. The molecule has 0 amide bonds. The van der Waals surface area contributed by atoms with E-state index >= 15 is 0 Å². The van der Waals surface area contributed by atoms with Gasteiger partial charge in [-0.15, -0.1) is 0 Å². The van der Waals surface area contributed by atoms with E-state index in [9.17, 15) is 13.6 Å². The molecule has 0 spiro atoms. The molecule has 0 unspecified atom stereocenters. The van der Waals surface area contributed by atoms with E-state index in [4.69, 9.17) is 14.6 Å². The van der Waals surface area contributed by atoms with Crippen molar-refractivity contribution in [1.29, 1.82) is 0 Å². The molecule has 6 nitrogen and oxygen atoms in total. The third kappa shape index (κ3) is 4.17. The molecule has 1 N–H and O–H groups in total. The van der Waals surface area contributed by atoms with Crippen molar-refractivity contribution in [1.82, 2.24) is 9.97 Å². The van der Waals surface area contributed by atoms with E-state index in [-0.39, 0.29) is 0 Å². The third-order valence-electron chi connectivity index (χ3n) is 3.62. The summed E-state index contributed by atoms with van der Waals surface area (Å²) in [5.74, 6) is -3.94. The van der Waals surface area contributed by atoms with Crippen molar-refractivity contribution < 1.29 is 28.2 Å². The van der Waals surface area contributed by atoms with E-state index in [1.54, 1.807) is 43.5 Å². The van der Waals surface area contributed by atoms with Crippen molar-refractivity contribution in [2.75, 3.05) is 0 Å². The van der Waals surface area contributed by atoms with Gasteiger partial charge in [-0.3, -0.25) is 4.98 Å². The van der Waals surface area contributed by atoms with Gasteiger partial charge in [-0.25, -0.2) is 14.2 Å². The predicted molar refractivity (Wildman–Crippen MR) is 90.9 cm³/mol. The molecule has 0 bridgehead atoms. The van der Waals surface area contributed by atoms with Gasteiger partial charge in [0.25, 0.3) is 0 Å². The molecule has 0 aliphatic heterocycles.